The Balaban J connectivity index is 1.91. The highest BCUT2D eigenvalue weighted by Crippen LogP contribution is 2.71. The zero-order chi connectivity index (χ0) is 18.5. The average Bonchev–Trinajstić information content (AvgIpc) is 2.51. The first-order chi connectivity index (χ1) is 12.3. The number of carbonyl (C=O) groups is 4. The fourth-order valence-electron chi connectivity index (χ4n) is 3.41. The molecule has 0 spiro atoms. The monoisotopic (exact) mass is 378 g/mol. The molecule has 0 aromatic carbocycles. The molecule has 4 unspecified atom stereocenters. The third kappa shape index (κ3) is 1.03. The highest BCUT2D eigenvalue weighted by Gasteiger charge is 3.04. The standard InChI is InChI=1S/C10H2O16/c11-3(12)7-1-2(18-17-1)8-5(15)19-25-26-20-6(16)10(8,24-22-8)9(7,4(13)14)23-21-7/h(H,11,12)(H,13,14). The summed E-state index contributed by atoms with van der Waals surface area (Å²) in [5.41, 5.74) is -12.3. The van der Waals surface area contributed by atoms with Gasteiger partial charge in [0.2, 0.25) is 0 Å². The lowest BCUT2D eigenvalue weighted by atomic mass is 9.54. The number of carboxylic acid groups (broad SMARTS) is 2. The maximum Gasteiger partial charge on any atom is 0.392 e. The summed E-state index contributed by atoms with van der Waals surface area (Å²) in [6.45, 7) is 0. The molecular formula is C10H2O16. The van der Waals surface area contributed by atoms with Gasteiger partial charge in [-0.15, -0.1) is 0 Å². The summed E-state index contributed by atoms with van der Waals surface area (Å²) in [4.78, 5) is 75.4. The number of aliphatic carboxylic acids is 2. The maximum absolute atomic E-state index is 12.5. The molecule has 4 atom stereocenters. The molecule has 0 saturated carbocycles. The molecule has 4 aliphatic rings. The lowest BCUT2D eigenvalue weighted by molar-refractivity contribution is -0.674. The summed E-state index contributed by atoms with van der Waals surface area (Å²) in [5.74, 6) is -9.17. The van der Waals surface area contributed by atoms with Crippen molar-refractivity contribution in [1.82, 2.24) is 0 Å². The van der Waals surface area contributed by atoms with Crippen molar-refractivity contribution >= 4 is 23.9 Å². The topological polar surface area (TPSA) is 209 Å². The summed E-state index contributed by atoms with van der Waals surface area (Å²) in [6.07, 6.45) is 0. The molecule has 16 heteroatoms. The van der Waals surface area contributed by atoms with Gasteiger partial charge in [0.1, 0.15) is 0 Å². The van der Waals surface area contributed by atoms with Crippen LogP contribution in [0.3, 0.4) is 0 Å². The summed E-state index contributed by atoms with van der Waals surface area (Å²) >= 11 is 0. The Hall–Kier alpha value is -3.02. The Kier molecular flexibility index (Phi) is 2.37. The van der Waals surface area contributed by atoms with E-state index < -0.39 is 57.8 Å². The van der Waals surface area contributed by atoms with E-state index in [-0.39, 0.29) is 0 Å². The van der Waals surface area contributed by atoms with E-state index in [0.29, 0.717) is 0 Å². The van der Waals surface area contributed by atoms with Crippen molar-refractivity contribution in [3.8, 4) is 0 Å². The lowest BCUT2D eigenvalue weighted by Gasteiger charge is -2.64. The van der Waals surface area contributed by atoms with Crippen molar-refractivity contribution in [2.75, 3.05) is 0 Å². The molecule has 0 amide bonds. The van der Waals surface area contributed by atoms with Crippen LogP contribution < -0.4 is 0 Å². The quantitative estimate of drug-likeness (QED) is 0.519. The first-order valence-corrected chi connectivity index (χ1v) is 6.40. The normalized spacial score (nSPS) is 42.9. The molecule has 0 radical (unpaired) electrons. The molecule has 3 fully saturated rings. The van der Waals surface area contributed by atoms with Crippen LogP contribution in [0.2, 0.25) is 0 Å². The molecule has 2 N–H and O–H groups in total. The predicted molar refractivity (Wildman–Crippen MR) is 53.8 cm³/mol. The van der Waals surface area contributed by atoms with E-state index in [0.717, 1.165) is 0 Å². The summed E-state index contributed by atoms with van der Waals surface area (Å²) in [5, 5.41) is 26.9. The van der Waals surface area contributed by atoms with E-state index in [1.165, 1.54) is 0 Å². The van der Waals surface area contributed by atoms with Crippen molar-refractivity contribution in [3.05, 3.63) is 11.5 Å². The minimum absolute atomic E-state index is 0.793. The van der Waals surface area contributed by atoms with Crippen molar-refractivity contribution < 1.29 is 77.9 Å². The molecule has 3 aliphatic heterocycles. The molecule has 1 aromatic rings. The Labute approximate surface area is 137 Å². The van der Waals surface area contributed by atoms with Gasteiger partial charge in [-0.05, 0) is 0 Å². The van der Waals surface area contributed by atoms with Crippen LogP contribution in [0.25, 0.3) is 0 Å². The smallest absolute Gasteiger partial charge is 0.392 e. The van der Waals surface area contributed by atoms with E-state index in [9.17, 15) is 29.4 Å². The van der Waals surface area contributed by atoms with Gasteiger partial charge < -0.3 is 10.2 Å². The number of carbonyl (C=O) groups excluding carboxylic acids is 2. The number of hydrogen-bond donors (Lipinski definition) is 2. The second kappa shape index (κ2) is 4.03. The fraction of sp³-hybridized carbons (Fsp3) is 0.400. The van der Waals surface area contributed by atoms with Crippen molar-refractivity contribution in [1.29, 1.82) is 0 Å². The van der Waals surface area contributed by atoms with Crippen LogP contribution in [0.5, 0.6) is 0 Å². The average molecular weight is 378 g/mol. The molecular weight excluding hydrogens is 376 g/mol. The van der Waals surface area contributed by atoms with Gasteiger partial charge in [0.15, 0.2) is 0 Å². The Morgan fingerprint density at radius 1 is 0.769 bits per heavy atom. The fourth-order valence-corrected chi connectivity index (χ4v) is 3.41. The second-order valence-electron chi connectivity index (χ2n) is 5.37. The third-order valence-electron chi connectivity index (χ3n) is 4.55. The summed E-state index contributed by atoms with van der Waals surface area (Å²) < 4.78 is 9.09. The number of fused-ring (bicyclic) bond motifs is 3. The van der Waals surface area contributed by atoms with Crippen molar-refractivity contribution in [2.24, 2.45) is 0 Å². The molecule has 1 aliphatic carbocycles. The SMILES string of the molecule is O=C(O)C12OOC1(C(=O)O)C13OOC1(C(=O)OOOOC3=O)c1ooc12. The Morgan fingerprint density at radius 2 is 1.42 bits per heavy atom. The zero-order valence-electron chi connectivity index (χ0n) is 11.6. The molecule has 26 heavy (non-hydrogen) atoms. The van der Waals surface area contributed by atoms with Crippen LogP contribution in [-0.2, 0) is 69.8 Å². The third-order valence-corrected chi connectivity index (χ3v) is 4.55. The van der Waals surface area contributed by atoms with Gasteiger partial charge in [0.05, 0.1) is 0 Å². The number of hydrogen-bond acceptors (Lipinski definition) is 14. The number of rotatable bonds is 2. The highest BCUT2D eigenvalue weighted by molar-refractivity contribution is 6.07. The van der Waals surface area contributed by atoms with E-state index >= 15 is 0 Å². The van der Waals surface area contributed by atoms with Gasteiger partial charge in [0, 0.05) is 10.1 Å². The molecule has 0 bridgehead atoms. The molecule has 3 saturated heterocycles. The van der Waals surface area contributed by atoms with Gasteiger partial charge in [-0.2, -0.15) is 0 Å². The van der Waals surface area contributed by atoms with Crippen molar-refractivity contribution in [2.45, 2.75) is 22.4 Å². The minimum atomic E-state index is -3.27. The highest BCUT2D eigenvalue weighted by atomic mass is 17.7. The van der Waals surface area contributed by atoms with E-state index in [1.807, 2.05) is 0 Å². The first-order valence-electron chi connectivity index (χ1n) is 6.40. The van der Waals surface area contributed by atoms with E-state index in [1.54, 1.807) is 0 Å². The lowest BCUT2D eigenvalue weighted by Crippen LogP contribution is -2.95. The molecule has 5 rings (SSSR count). The van der Waals surface area contributed by atoms with Crippen LogP contribution in [0.4, 0.5) is 0 Å². The van der Waals surface area contributed by atoms with Gasteiger partial charge in [-0.3, -0.25) is 18.9 Å². The Bertz CT molecular complexity index is 893. The molecule has 4 heterocycles. The predicted octanol–water partition coefficient (Wildman–Crippen LogP) is -2.27. The molecule has 1 aromatic heterocycles. The van der Waals surface area contributed by atoms with Gasteiger partial charge in [-0.1, -0.05) is 0 Å². The van der Waals surface area contributed by atoms with Crippen LogP contribution >= 0.6 is 0 Å². The van der Waals surface area contributed by atoms with Crippen LogP contribution in [0.1, 0.15) is 11.5 Å². The molecule has 16 nitrogen and oxygen atoms in total. The number of carboxylic acids is 2. The first kappa shape index (κ1) is 15.3. The second-order valence-corrected chi connectivity index (χ2v) is 5.37. The van der Waals surface area contributed by atoms with E-state index in [2.05, 4.69) is 48.6 Å². The van der Waals surface area contributed by atoms with Gasteiger partial charge in [-0.25, -0.2) is 38.7 Å². The summed E-state index contributed by atoms with van der Waals surface area (Å²) in [7, 11) is 0. The maximum atomic E-state index is 12.5. The largest absolute Gasteiger partial charge is 0.479 e. The van der Waals surface area contributed by atoms with Crippen LogP contribution in [0.15, 0.2) is 9.15 Å². The van der Waals surface area contributed by atoms with Crippen molar-refractivity contribution in [3.63, 3.8) is 0 Å². The Morgan fingerprint density at radius 3 is 1.85 bits per heavy atom. The minimum Gasteiger partial charge on any atom is -0.479 e. The van der Waals surface area contributed by atoms with Gasteiger partial charge >= 0.3 is 40.7 Å². The van der Waals surface area contributed by atoms with Crippen LogP contribution in [0, 0.1) is 0 Å². The zero-order valence-corrected chi connectivity index (χ0v) is 11.6. The summed E-state index contributed by atoms with van der Waals surface area (Å²) in [6, 6.07) is 0. The van der Waals surface area contributed by atoms with Gasteiger partial charge in [0.25, 0.3) is 17.1 Å². The molecule has 138 valence electrons. The van der Waals surface area contributed by atoms with E-state index in [4.69, 9.17) is 0 Å². The van der Waals surface area contributed by atoms with Crippen LogP contribution in [-0.4, -0.2) is 45.3 Å².